The number of carbonyl (C=O) groups excluding carboxylic acids is 2. The molecular formula is C18H27N3O4. The molecule has 7 heteroatoms. The third-order valence-corrected chi connectivity index (χ3v) is 3.76. The number of amides is 3. The van der Waals surface area contributed by atoms with Crippen molar-refractivity contribution in [3.8, 4) is 0 Å². The largest absolute Gasteiger partial charge is 0.481 e. The molecule has 2 N–H and O–H groups in total. The summed E-state index contributed by atoms with van der Waals surface area (Å²) in [5, 5.41) is 11.4. The molecule has 1 rings (SSSR count). The maximum absolute atomic E-state index is 12.8. The lowest BCUT2D eigenvalue weighted by molar-refractivity contribution is -0.137. The Kier molecular flexibility index (Phi) is 7.91. The van der Waals surface area contributed by atoms with Gasteiger partial charge in [-0.25, -0.2) is 4.79 Å². The van der Waals surface area contributed by atoms with Crippen LogP contribution in [0.4, 0.5) is 10.5 Å². The van der Waals surface area contributed by atoms with Gasteiger partial charge in [0.05, 0.1) is 17.7 Å². The summed E-state index contributed by atoms with van der Waals surface area (Å²) < 4.78 is 0. The second kappa shape index (κ2) is 9.66. The number of aliphatic carboxylic acids is 1. The highest BCUT2D eigenvalue weighted by atomic mass is 16.4. The fourth-order valence-electron chi connectivity index (χ4n) is 2.34. The van der Waals surface area contributed by atoms with E-state index >= 15 is 0 Å². The van der Waals surface area contributed by atoms with Crippen LogP contribution >= 0.6 is 0 Å². The standard InChI is InChI=1S/C18H27N3O4/c1-5-11-21(13(2)3)17(24)14-8-6-7-9-15(14)19-18(25)20(4)12-10-16(22)23/h6-9,13H,5,10-12H2,1-4H3,(H,19,25)(H,22,23). The third kappa shape index (κ3) is 6.10. The monoisotopic (exact) mass is 349 g/mol. The van der Waals surface area contributed by atoms with Crippen LogP contribution in [0.3, 0.4) is 0 Å². The van der Waals surface area contributed by atoms with Gasteiger partial charge in [-0.05, 0) is 32.4 Å². The second-order valence-electron chi connectivity index (χ2n) is 6.13. The lowest BCUT2D eigenvalue weighted by atomic mass is 10.1. The number of hydrogen-bond acceptors (Lipinski definition) is 3. The predicted octanol–water partition coefficient (Wildman–Crippen LogP) is 2.89. The lowest BCUT2D eigenvalue weighted by Crippen LogP contribution is -2.38. The first-order valence-corrected chi connectivity index (χ1v) is 8.41. The molecule has 0 fully saturated rings. The molecule has 0 aliphatic carbocycles. The van der Waals surface area contributed by atoms with Crippen LogP contribution in [0.1, 0.15) is 44.0 Å². The first-order valence-electron chi connectivity index (χ1n) is 8.41. The quantitative estimate of drug-likeness (QED) is 0.755. The highest BCUT2D eigenvalue weighted by molar-refractivity contribution is 6.03. The fraction of sp³-hybridized carbons (Fsp3) is 0.500. The number of nitrogens with zero attached hydrogens (tertiary/aromatic N) is 2. The number of para-hydroxylation sites is 1. The number of nitrogens with one attached hydrogen (secondary N) is 1. The zero-order valence-corrected chi connectivity index (χ0v) is 15.3. The predicted molar refractivity (Wildman–Crippen MR) is 96.8 cm³/mol. The molecule has 138 valence electrons. The summed E-state index contributed by atoms with van der Waals surface area (Å²) in [5.41, 5.74) is 0.839. The van der Waals surface area contributed by atoms with Crippen molar-refractivity contribution in [3.05, 3.63) is 29.8 Å². The van der Waals surface area contributed by atoms with Gasteiger partial charge in [-0.3, -0.25) is 9.59 Å². The summed E-state index contributed by atoms with van der Waals surface area (Å²) in [6, 6.07) is 6.44. The van der Waals surface area contributed by atoms with Crippen LogP contribution < -0.4 is 5.32 Å². The summed E-state index contributed by atoms with van der Waals surface area (Å²) in [6.07, 6.45) is 0.707. The highest BCUT2D eigenvalue weighted by Gasteiger charge is 2.21. The van der Waals surface area contributed by atoms with E-state index in [1.165, 1.54) is 11.9 Å². The number of carbonyl (C=O) groups is 3. The summed E-state index contributed by atoms with van der Waals surface area (Å²) in [5.74, 6) is -1.11. The summed E-state index contributed by atoms with van der Waals surface area (Å²) in [4.78, 5) is 38.7. The molecule has 0 spiro atoms. The van der Waals surface area contributed by atoms with E-state index in [-0.39, 0.29) is 24.9 Å². The lowest BCUT2D eigenvalue weighted by Gasteiger charge is -2.27. The van der Waals surface area contributed by atoms with E-state index in [0.29, 0.717) is 17.8 Å². The van der Waals surface area contributed by atoms with Crippen molar-refractivity contribution in [3.63, 3.8) is 0 Å². The van der Waals surface area contributed by atoms with Gasteiger partial charge in [0.1, 0.15) is 0 Å². The van der Waals surface area contributed by atoms with Gasteiger partial charge in [-0.1, -0.05) is 19.1 Å². The van der Waals surface area contributed by atoms with E-state index in [1.807, 2.05) is 20.8 Å². The van der Waals surface area contributed by atoms with Crippen LogP contribution in [-0.4, -0.2) is 59.0 Å². The van der Waals surface area contributed by atoms with E-state index in [4.69, 9.17) is 5.11 Å². The number of carboxylic acids is 1. The van der Waals surface area contributed by atoms with Gasteiger partial charge in [-0.15, -0.1) is 0 Å². The van der Waals surface area contributed by atoms with Crippen LogP contribution in [-0.2, 0) is 4.79 Å². The van der Waals surface area contributed by atoms with Gasteiger partial charge in [0, 0.05) is 26.2 Å². The van der Waals surface area contributed by atoms with Gasteiger partial charge < -0.3 is 20.2 Å². The van der Waals surface area contributed by atoms with Crippen molar-refractivity contribution in [2.24, 2.45) is 0 Å². The second-order valence-corrected chi connectivity index (χ2v) is 6.13. The molecule has 0 aliphatic heterocycles. The molecule has 3 amide bonds. The van der Waals surface area contributed by atoms with E-state index < -0.39 is 12.0 Å². The van der Waals surface area contributed by atoms with Crippen molar-refractivity contribution < 1.29 is 19.5 Å². The summed E-state index contributed by atoms with van der Waals surface area (Å²) >= 11 is 0. The average molecular weight is 349 g/mol. The minimum atomic E-state index is -0.970. The Morgan fingerprint density at radius 3 is 2.36 bits per heavy atom. The number of carboxylic acid groups (broad SMARTS) is 1. The Morgan fingerprint density at radius 1 is 1.16 bits per heavy atom. The number of anilines is 1. The minimum Gasteiger partial charge on any atom is -0.481 e. The summed E-state index contributed by atoms with van der Waals surface area (Å²) in [7, 11) is 1.51. The molecule has 7 nitrogen and oxygen atoms in total. The van der Waals surface area contributed by atoms with Crippen molar-refractivity contribution in [2.45, 2.75) is 39.7 Å². The highest BCUT2D eigenvalue weighted by Crippen LogP contribution is 2.19. The Labute approximate surface area is 148 Å². The average Bonchev–Trinajstić information content (AvgIpc) is 2.57. The van der Waals surface area contributed by atoms with E-state index in [1.54, 1.807) is 29.2 Å². The van der Waals surface area contributed by atoms with E-state index in [9.17, 15) is 14.4 Å². The number of rotatable bonds is 8. The molecule has 1 aromatic carbocycles. The first kappa shape index (κ1) is 20.5. The van der Waals surface area contributed by atoms with Crippen molar-refractivity contribution in [1.29, 1.82) is 0 Å². The first-order chi connectivity index (χ1) is 11.8. The van der Waals surface area contributed by atoms with Gasteiger partial charge in [-0.2, -0.15) is 0 Å². The van der Waals surface area contributed by atoms with Crippen molar-refractivity contribution >= 4 is 23.6 Å². The topological polar surface area (TPSA) is 90.0 Å². The van der Waals surface area contributed by atoms with Crippen LogP contribution in [0.25, 0.3) is 0 Å². The SMILES string of the molecule is CCCN(C(=O)c1ccccc1NC(=O)N(C)CCC(=O)O)C(C)C. The smallest absolute Gasteiger partial charge is 0.321 e. The van der Waals surface area contributed by atoms with Gasteiger partial charge >= 0.3 is 12.0 Å². The molecule has 25 heavy (non-hydrogen) atoms. The maximum Gasteiger partial charge on any atom is 0.321 e. The molecule has 0 saturated carbocycles. The van der Waals surface area contributed by atoms with Crippen LogP contribution in [0.2, 0.25) is 0 Å². The van der Waals surface area contributed by atoms with E-state index in [2.05, 4.69) is 5.32 Å². The summed E-state index contributed by atoms with van der Waals surface area (Å²) in [6.45, 7) is 6.64. The van der Waals surface area contributed by atoms with Crippen molar-refractivity contribution in [1.82, 2.24) is 9.80 Å². The normalized spacial score (nSPS) is 10.4. The maximum atomic E-state index is 12.8. The Hall–Kier alpha value is -2.57. The zero-order valence-electron chi connectivity index (χ0n) is 15.3. The Balaban J connectivity index is 2.94. The Morgan fingerprint density at radius 2 is 1.80 bits per heavy atom. The zero-order chi connectivity index (χ0) is 19.0. The van der Waals surface area contributed by atoms with Gasteiger partial charge in [0.25, 0.3) is 5.91 Å². The minimum absolute atomic E-state index is 0.0504. The molecule has 0 aliphatic rings. The molecule has 0 aromatic heterocycles. The molecule has 0 heterocycles. The third-order valence-electron chi connectivity index (χ3n) is 3.76. The van der Waals surface area contributed by atoms with Gasteiger partial charge in [0.2, 0.25) is 0 Å². The van der Waals surface area contributed by atoms with Crippen LogP contribution in [0.5, 0.6) is 0 Å². The molecule has 1 aromatic rings. The van der Waals surface area contributed by atoms with Crippen molar-refractivity contribution in [2.75, 3.05) is 25.5 Å². The van der Waals surface area contributed by atoms with Crippen LogP contribution in [0.15, 0.2) is 24.3 Å². The van der Waals surface area contributed by atoms with E-state index in [0.717, 1.165) is 6.42 Å². The number of benzene rings is 1. The molecular weight excluding hydrogens is 322 g/mol. The number of urea groups is 1. The molecule has 0 atom stereocenters. The van der Waals surface area contributed by atoms with Crippen LogP contribution in [0, 0.1) is 0 Å². The molecule has 0 radical (unpaired) electrons. The molecule has 0 bridgehead atoms. The molecule has 0 saturated heterocycles. The molecule has 0 unspecified atom stereocenters. The van der Waals surface area contributed by atoms with Gasteiger partial charge in [0.15, 0.2) is 0 Å². The number of hydrogen-bond donors (Lipinski definition) is 2. The fourth-order valence-corrected chi connectivity index (χ4v) is 2.34. The Bertz CT molecular complexity index is 616.